The molecule has 0 saturated heterocycles. The van der Waals surface area contributed by atoms with Crippen LogP contribution in [-0.2, 0) is 11.2 Å². The molecule has 0 N–H and O–H groups in total. The molecule has 1 amide bonds. The van der Waals surface area contributed by atoms with Gasteiger partial charge in [-0.05, 0) is 42.9 Å². The molecule has 9 heteroatoms. The molecule has 0 fully saturated rings. The largest absolute Gasteiger partial charge is 0.494 e. The summed E-state index contributed by atoms with van der Waals surface area (Å²) in [5.41, 5.74) is 1.53. The number of hydrogen-bond donors (Lipinski definition) is 0. The van der Waals surface area contributed by atoms with Crippen molar-refractivity contribution in [3.05, 3.63) is 40.9 Å². The van der Waals surface area contributed by atoms with Crippen molar-refractivity contribution < 1.29 is 19.0 Å². The lowest BCUT2D eigenvalue weighted by atomic mass is 10.1. The second kappa shape index (κ2) is 9.94. The van der Waals surface area contributed by atoms with Crippen LogP contribution in [0.2, 0.25) is 5.02 Å². The number of carbonyl (C=O) groups excluding carboxylic acids is 1. The summed E-state index contributed by atoms with van der Waals surface area (Å²) in [5.74, 6) is 1.97. The van der Waals surface area contributed by atoms with E-state index in [1.54, 1.807) is 24.1 Å². The molecule has 0 saturated carbocycles. The minimum absolute atomic E-state index is 0.0369. The van der Waals surface area contributed by atoms with Gasteiger partial charge in [0.2, 0.25) is 12.7 Å². The van der Waals surface area contributed by atoms with Crippen molar-refractivity contribution in [1.29, 1.82) is 0 Å². The van der Waals surface area contributed by atoms with Gasteiger partial charge in [0, 0.05) is 13.1 Å². The summed E-state index contributed by atoms with van der Waals surface area (Å²) in [4.78, 5) is 22.2. The average Bonchev–Trinajstić information content (AvgIpc) is 3.44. The number of fused-ring (bicyclic) bond motifs is 2. The third-order valence-electron chi connectivity index (χ3n) is 5.53. The van der Waals surface area contributed by atoms with Gasteiger partial charge in [-0.1, -0.05) is 42.9 Å². The molecule has 170 valence electrons. The Hall–Kier alpha value is -2.55. The molecule has 0 radical (unpaired) electrons. The summed E-state index contributed by atoms with van der Waals surface area (Å²) in [5, 5.41) is 1.21. The Labute approximate surface area is 196 Å². The zero-order chi connectivity index (χ0) is 22.7. The Kier molecular flexibility index (Phi) is 7.03. The van der Waals surface area contributed by atoms with E-state index in [0.29, 0.717) is 39.5 Å². The number of methoxy groups -OCH3 is 1. The minimum Gasteiger partial charge on any atom is -0.494 e. The van der Waals surface area contributed by atoms with Crippen LogP contribution in [0.1, 0.15) is 19.4 Å². The van der Waals surface area contributed by atoms with E-state index in [4.69, 9.17) is 30.8 Å². The number of rotatable bonds is 9. The lowest BCUT2D eigenvalue weighted by Gasteiger charge is -2.24. The van der Waals surface area contributed by atoms with Gasteiger partial charge in [-0.3, -0.25) is 9.69 Å². The van der Waals surface area contributed by atoms with E-state index in [0.717, 1.165) is 29.9 Å². The molecular formula is C23H26ClN3O4S. The van der Waals surface area contributed by atoms with E-state index >= 15 is 0 Å². The highest BCUT2D eigenvalue weighted by Gasteiger charge is 2.23. The third kappa shape index (κ3) is 4.62. The molecule has 0 aliphatic carbocycles. The second-order valence-corrected chi connectivity index (χ2v) is 8.75. The van der Waals surface area contributed by atoms with Crippen molar-refractivity contribution >= 4 is 44.2 Å². The lowest BCUT2D eigenvalue weighted by Crippen LogP contribution is -2.39. The number of ether oxygens (including phenoxy) is 3. The molecule has 0 atom stereocenters. The van der Waals surface area contributed by atoms with Crippen molar-refractivity contribution in [3.8, 4) is 17.2 Å². The smallest absolute Gasteiger partial charge is 0.233 e. The number of thiazole rings is 1. The first-order valence-corrected chi connectivity index (χ1v) is 11.8. The summed E-state index contributed by atoms with van der Waals surface area (Å²) in [7, 11) is 1.60. The summed E-state index contributed by atoms with van der Waals surface area (Å²) < 4.78 is 17.1. The van der Waals surface area contributed by atoms with Gasteiger partial charge in [0.05, 0.1) is 23.3 Å². The number of nitrogens with zero attached hydrogens (tertiary/aromatic N) is 3. The van der Waals surface area contributed by atoms with Crippen LogP contribution < -0.4 is 19.1 Å². The number of likely N-dealkylation sites (N-methyl/N-ethyl adjacent to an activating group) is 1. The van der Waals surface area contributed by atoms with Crippen LogP contribution in [0, 0.1) is 0 Å². The molecule has 1 aliphatic heterocycles. The van der Waals surface area contributed by atoms with E-state index in [-0.39, 0.29) is 19.1 Å². The molecule has 3 aromatic rings. The van der Waals surface area contributed by atoms with Crippen LogP contribution in [0.5, 0.6) is 17.2 Å². The second-order valence-electron chi connectivity index (χ2n) is 7.36. The summed E-state index contributed by atoms with van der Waals surface area (Å²) in [6.07, 6.45) is 0.232. The predicted octanol–water partition coefficient (Wildman–Crippen LogP) is 4.60. The van der Waals surface area contributed by atoms with Crippen molar-refractivity contribution in [3.63, 3.8) is 0 Å². The van der Waals surface area contributed by atoms with Crippen molar-refractivity contribution in [2.45, 2.75) is 20.3 Å². The Morgan fingerprint density at radius 2 is 1.94 bits per heavy atom. The van der Waals surface area contributed by atoms with Crippen LogP contribution in [0.4, 0.5) is 5.13 Å². The molecule has 0 spiro atoms. The predicted molar refractivity (Wildman–Crippen MR) is 128 cm³/mol. The van der Waals surface area contributed by atoms with Gasteiger partial charge in [0.15, 0.2) is 16.6 Å². The SMILES string of the molecule is CCN(CC)CCN(C(=O)Cc1ccc2c(c1)OCO2)c1nc2c(OC)ccc(Cl)c2s1. The molecule has 7 nitrogen and oxygen atoms in total. The summed E-state index contributed by atoms with van der Waals surface area (Å²) in [6.45, 7) is 7.55. The fourth-order valence-corrected chi connectivity index (χ4v) is 4.95. The number of carbonyl (C=O) groups is 1. The van der Waals surface area contributed by atoms with E-state index in [2.05, 4.69) is 18.7 Å². The topological polar surface area (TPSA) is 64.1 Å². The quantitative estimate of drug-likeness (QED) is 0.450. The maximum Gasteiger partial charge on any atom is 0.233 e. The number of anilines is 1. The summed E-state index contributed by atoms with van der Waals surface area (Å²) >= 11 is 7.82. The molecule has 4 rings (SSSR count). The molecule has 1 aliphatic rings. The fraction of sp³-hybridized carbons (Fsp3) is 0.391. The number of hydrogen-bond acceptors (Lipinski definition) is 7. The fourth-order valence-electron chi connectivity index (χ4n) is 3.65. The van der Waals surface area contributed by atoms with Crippen molar-refractivity contribution in [2.75, 3.05) is 45.0 Å². The summed E-state index contributed by atoms with van der Waals surface area (Å²) in [6, 6.07) is 9.18. The van der Waals surface area contributed by atoms with Gasteiger partial charge < -0.3 is 19.1 Å². The first kappa shape index (κ1) is 22.6. The van der Waals surface area contributed by atoms with Gasteiger partial charge in [-0.15, -0.1) is 0 Å². The standard InChI is InChI=1S/C23H26ClN3O4S/c1-4-26(5-2)10-11-27(20(28)13-15-6-8-17-19(12-15)31-14-30-17)23-25-21-18(29-3)9-7-16(24)22(21)32-23/h6-9,12H,4-5,10-11,13-14H2,1-3H3. The molecule has 2 heterocycles. The first-order valence-electron chi connectivity index (χ1n) is 10.6. The first-order chi connectivity index (χ1) is 15.5. The zero-order valence-corrected chi connectivity index (χ0v) is 20.0. The molecule has 32 heavy (non-hydrogen) atoms. The minimum atomic E-state index is -0.0369. The normalized spacial score (nSPS) is 12.5. The maximum absolute atomic E-state index is 13.5. The van der Waals surface area contributed by atoms with Crippen molar-refractivity contribution in [1.82, 2.24) is 9.88 Å². The Morgan fingerprint density at radius 1 is 1.16 bits per heavy atom. The highest BCUT2D eigenvalue weighted by Crippen LogP contribution is 2.39. The number of benzene rings is 2. The van der Waals surface area contributed by atoms with Gasteiger partial charge >= 0.3 is 0 Å². The maximum atomic E-state index is 13.5. The van der Waals surface area contributed by atoms with Crippen LogP contribution in [0.3, 0.4) is 0 Å². The van der Waals surface area contributed by atoms with E-state index in [1.165, 1.54) is 11.3 Å². The van der Waals surface area contributed by atoms with Gasteiger partial charge in [0.25, 0.3) is 0 Å². The number of aromatic nitrogens is 1. The Morgan fingerprint density at radius 3 is 2.69 bits per heavy atom. The van der Waals surface area contributed by atoms with E-state index in [9.17, 15) is 4.79 Å². The van der Waals surface area contributed by atoms with Gasteiger partial charge in [-0.25, -0.2) is 4.98 Å². The Bertz CT molecular complexity index is 1120. The molecule has 0 bridgehead atoms. The average molecular weight is 476 g/mol. The van der Waals surface area contributed by atoms with Crippen LogP contribution >= 0.6 is 22.9 Å². The van der Waals surface area contributed by atoms with E-state index < -0.39 is 0 Å². The highest BCUT2D eigenvalue weighted by atomic mass is 35.5. The number of amides is 1. The molecule has 2 aromatic carbocycles. The van der Waals surface area contributed by atoms with Gasteiger partial charge in [0.1, 0.15) is 11.3 Å². The van der Waals surface area contributed by atoms with Crippen molar-refractivity contribution in [2.24, 2.45) is 0 Å². The molecule has 1 aromatic heterocycles. The molecular weight excluding hydrogens is 450 g/mol. The van der Waals surface area contributed by atoms with Crippen LogP contribution in [0.15, 0.2) is 30.3 Å². The zero-order valence-electron chi connectivity index (χ0n) is 18.4. The number of halogens is 1. The lowest BCUT2D eigenvalue weighted by molar-refractivity contribution is -0.118. The van der Waals surface area contributed by atoms with Crippen LogP contribution in [-0.4, -0.2) is 55.9 Å². The highest BCUT2D eigenvalue weighted by molar-refractivity contribution is 7.23. The monoisotopic (exact) mass is 475 g/mol. The van der Waals surface area contributed by atoms with Crippen LogP contribution in [0.25, 0.3) is 10.2 Å². The Balaban J connectivity index is 1.64. The third-order valence-corrected chi connectivity index (χ3v) is 7.06. The van der Waals surface area contributed by atoms with E-state index in [1.807, 2.05) is 18.2 Å². The van der Waals surface area contributed by atoms with Gasteiger partial charge in [-0.2, -0.15) is 0 Å². The molecule has 0 unspecified atom stereocenters.